The van der Waals surface area contributed by atoms with Crippen LogP contribution in [0.15, 0.2) is 17.7 Å². The molecule has 5 aliphatic rings. The Balaban J connectivity index is 1.60. The van der Waals surface area contributed by atoms with E-state index in [1.165, 1.54) is 28.7 Å². The topological polar surface area (TPSA) is 40.2 Å². The number of rotatable bonds is 0. The second-order valence-electron chi connectivity index (χ2n) is 8.66. The third-order valence-electron chi connectivity index (χ3n) is 6.89. The lowest BCUT2D eigenvalue weighted by atomic mass is 9.81. The van der Waals surface area contributed by atoms with Crippen LogP contribution in [0.1, 0.15) is 44.7 Å². The minimum Gasteiger partial charge on any atom is -0.454 e. The van der Waals surface area contributed by atoms with E-state index in [9.17, 15) is 0 Å². The van der Waals surface area contributed by atoms with E-state index in [4.69, 9.17) is 18.9 Å². The van der Waals surface area contributed by atoms with Gasteiger partial charge in [0.1, 0.15) is 12.2 Å². The fourth-order valence-electron chi connectivity index (χ4n) is 5.99. The van der Waals surface area contributed by atoms with Gasteiger partial charge in [-0.1, -0.05) is 0 Å². The van der Waals surface area contributed by atoms with Crippen molar-refractivity contribution < 1.29 is 18.9 Å². The molecule has 26 heavy (non-hydrogen) atoms. The van der Waals surface area contributed by atoms with E-state index in [1.54, 1.807) is 0 Å². The summed E-state index contributed by atoms with van der Waals surface area (Å²) in [7, 11) is 0. The third kappa shape index (κ3) is 1.77. The molecule has 0 amide bonds. The van der Waals surface area contributed by atoms with E-state index in [1.807, 2.05) is 13.8 Å². The van der Waals surface area contributed by atoms with Crippen molar-refractivity contribution in [2.75, 3.05) is 19.9 Å². The predicted octanol–water partition coefficient (Wildman–Crippen LogP) is 3.11. The minimum absolute atomic E-state index is 0.0389. The Morgan fingerprint density at radius 2 is 1.88 bits per heavy atom. The van der Waals surface area contributed by atoms with Gasteiger partial charge in [0, 0.05) is 6.54 Å². The van der Waals surface area contributed by atoms with Crippen LogP contribution in [0.2, 0.25) is 0 Å². The van der Waals surface area contributed by atoms with Gasteiger partial charge >= 0.3 is 0 Å². The summed E-state index contributed by atoms with van der Waals surface area (Å²) < 4.78 is 24.2. The number of ether oxygens (including phenoxy) is 4. The molecule has 0 saturated carbocycles. The summed E-state index contributed by atoms with van der Waals surface area (Å²) in [5.74, 6) is 1.23. The standard InChI is InChI=1S/C21H25NO4/c1-12-17-14-10-16-15(23-11-24-16)9-13(14)5-8-22-7-4-6-21(17,22)19-18(12)25-20(2,3)26-19/h9-10,18-19H,4-8,11H2,1-3H3/t18-,19-,21-/m1/s1. The van der Waals surface area contributed by atoms with Crippen LogP contribution in [0.25, 0.3) is 5.57 Å². The van der Waals surface area contributed by atoms with Gasteiger partial charge in [-0.05, 0) is 81.0 Å². The monoisotopic (exact) mass is 355 g/mol. The van der Waals surface area contributed by atoms with Crippen LogP contribution in [0, 0.1) is 0 Å². The summed E-state index contributed by atoms with van der Waals surface area (Å²) in [5, 5.41) is 0. The normalized spacial score (nSPS) is 36.6. The van der Waals surface area contributed by atoms with Crippen molar-refractivity contribution in [2.45, 2.75) is 63.6 Å². The molecule has 5 nitrogen and oxygen atoms in total. The van der Waals surface area contributed by atoms with Crippen LogP contribution in [0.4, 0.5) is 0 Å². The first-order valence-electron chi connectivity index (χ1n) is 9.74. The Kier molecular flexibility index (Phi) is 2.88. The summed E-state index contributed by atoms with van der Waals surface area (Å²) in [6.07, 6.45) is 3.49. The molecular formula is C21H25NO4. The lowest BCUT2D eigenvalue weighted by Gasteiger charge is -2.41. The average molecular weight is 355 g/mol. The highest BCUT2D eigenvalue weighted by Crippen LogP contribution is 2.59. The molecule has 5 heteroatoms. The van der Waals surface area contributed by atoms with Gasteiger partial charge in [-0.15, -0.1) is 0 Å². The first kappa shape index (κ1) is 15.5. The van der Waals surface area contributed by atoms with Crippen molar-refractivity contribution in [3.63, 3.8) is 0 Å². The smallest absolute Gasteiger partial charge is 0.231 e. The Labute approximate surface area is 153 Å². The quantitative estimate of drug-likeness (QED) is 0.715. The van der Waals surface area contributed by atoms with Crippen molar-refractivity contribution in [1.82, 2.24) is 4.90 Å². The van der Waals surface area contributed by atoms with E-state index < -0.39 is 5.79 Å². The van der Waals surface area contributed by atoms with E-state index in [-0.39, 0.29) is 17.7 Å². The van der Waals surface area contributed by atoms with Crippen molar-refractivity contribution in [3.8, 4) is 11.5 Å². The number of nitrogens with zero attached hydrogens (tertiary/aromatic N) is 1. The van der Waals surface area contributed by atoms with Gasteiger partial charge in [0.05, 0.1) is 5.54 Å². The lowest BCUT2D eigenvalue weighted by molar-refractivity contribution is -0.154. The van der Waals surface area contributed by atoms with Crippen LogP contribution >= 0.6 is 0 Å². The predicted molar refractivity (Wildman–Crippen MR) is 96.2 cm³/mol. The zero-order valence-electron chi connectivity index (χ0n) is 15.6. The molecule has 1 aliphatic carbocycles. The summed E-state index contributed by atoms with van der Waals surface area (Å²) in [4.78, 5) is 2.66. The van der Waals surface area contributed by atoms with Crippen molar-refractivity contribution in [2.24, 2.45) is 0 Å². The molecule has 1 spiro atoms. The van der Waals surface area contributed by atoms with Crippen molar-refractivity contribution in [3.05, 3.63) is 28.8 Å². The lowest BCUT2D eigenvalue weighted by Crippen LogP contribution is -2.53. The van der Waals surface area contributed by atoms with Crippen LogP contribution in [0.5, 0.6) is 11.5 Å². The molecule has 1 aromatic rings. The van der Waals surface area contributed by atoms with Gasteiger partial charge in [0.2, 0.25) is 6.79 Å². The van der Waals surface area contributed by atoms with Crippen LogP contribution in [0.3, 0.4) is 0 Å². The van der Waals surface area contributed by atoms with Crippen molar-refractivity contribution >= 4 is 5.57 Å². The number of fused-ring (bicyclic) bond motifs is 4. The third-order valence-corrected chi connectivity index (χ3v) is 6.89. The Morgan fingerprint density at radius 3 is 2.73 bits per heavy atom. The Morgan fingerprint density at radius 1 is 1.08 bits per heavy atom. The molecule has 3 atom stereocenters. The SMILES string of the molecule is CC1=C2c3cc4c(cc3CCN3CCC[C@]23[C@@H]2OC(C)(C)O[C@H]12)OCO4. The van der Waals surface area contributed by atoms with Gasteiger partial charge < -0.3 is 18.9 Å². The molecule has 138 valence electrons. The van der Waals surface area contributed by atoms with Gasteiger partial charge in [0.15, 0.2) is 17.3 Å². The maximum Gasteiger partial charge on any atom is 0.231 e. The summed E-state index contributed by atoms with van der Waals surface area (Å²) in [6.45, 7) is 8.82. The van der Waals surface area contributed by atoms with Gasteiger partial charge in [-0.3, -0.25) is 4.90 Å². The van der Waals surface area contributed by atoms with E-state index in [2.05, 4.69) is 24.0 Å². The molecule has 4 aliphatic heterocycles. The number of benzene rings is 1. The van der Waals surface area contributed by atoms with E-state index in [0.29, 0.717) is 6.79 Å². The fraction of sp³-hybridized carbons (Fsp3) is 0.619. The molecule has 2 fully saturated rings. The largest absolute Gasteiger partial charge is 0.454 e. The number of hydrogen-bond acceptors (Lipinski definition) is 5. The first-order valence-corrected chi connectivity index (χ1v) is 9.74. The van der Waals surface area contributed by atoms with Crippen LogP contribution in [-0.4, -0.2) is 48.3 Å². The van der Waals surface area contributed by atoms with Crippen LogP contribution in [-0.2, 0) is 15.9 Å². The maximum absolute atomic E-state index is 6.52. The van der Waals surface area contributed by atoms with E-state index >= 15 is 0 Å². The first-order chi connectivity index (χ1) is 12.5. The highest BCUT2D eigenvalue weighted by molar-refractivity contribution is 5.84. The van der Waals surface area contributed by atoms with Crippen molar-refractivity contribution in [1.29, 1.82) is 0 Å². The molecular weight excluding hydrogens is 330 g/mol. The molecule has 2 saturated heterocycles. The van der Waals surface area contributed by atoms with E-state index in [0.717, 1.165) is 37.4 Å². The highest BCUT2D eigenvalue weighted by Gasteiger charge is 2.64. The average Bonchev–Trinajstić information content (AvgIpc) is 3.31. The number of hydrogen-bond donors (Lipinski definition) is 0. The van der Waals surface area contributed by atoms with Crippen LogP contribution < -0.4 is 9.47 Å². The molecule has 4 heterocycles. The zero-order chi connectivity index (χ0) is 17.7. The minimum atomic E-state index is -0.519. The summed E-state index contributed by atoms with van der Waals surface area (Å²) in [5.41, 5.74) is 5.36. The Hall–Kier alpha value is -1.56. The molecule has 1 aromatic carbocycles. The molecule has 0 bridgehead atoms. The molecule has 0 radical (unpaired) electrons. The fourth-order valence-corrected chi connectivity index (χ4v) is 5.99. The molecule has 0 unspecified atom stereocenters. The van der Waals surface area contributed by atoms with Gasteiger partial charge in [-0.2, -0.15) is 0 Å². The highest BCUT2D eigenvalue weighted by atomic mass is 16.8. The second kappa shape index (κ2) is 4.83. The molecule has 0 aromatic heterocycles. The second-order valence-corrected chi connectivity index (χ2v) is 8.66. The van der Waals surface area contributed by atoms with Gasteiger partial charge in [-0.25, -0.2) is 0 Å². The maximum atomic E-state index is 6.52. The molecule has 0 N–H and O–H groups in total. The molecule has 6 rings (SSSR count). The summed E-state index contributed by atoms with van der Waals surface area (Å²) in [6, 6.07) is 4.39. The van der Waals surface area contributed by atoms with Gasteiger partial charge in [0.25, 0.3) is 0 Å². The summed E-state index contributed by atoms with van der Waals surface area (Å²) >= 11 is 0. The Bertz CT molecular complexity index is 845. The zero-order valence-corrected chi connectivity index (χ0v) is 15.6.